The molecule has 8 nitrogen and oxygen atoms in total. The van der Waals surface area contributed by atoms with Crippen LogP contribution >= 0.6 is 7.82 Å². The van der Waals surface area contributed by atoms with Crippen molar-refractivity contribution < 1.29 is 32.9 Å². The number of nitrogens with one attached hydrogen (secondary N) is 1. The maximum absolute atomic E-state index is 12.8. The lowest BCUT2D eigenvalue weighted by Crippen LogP contribution is -2.45. The van der Waals surface area contributed by atoms with Crippen LogP contribution in [0.5, 0.6) is 0 Å². The SMILES string of the molecule is CC/C=C\C/C=C\C/C=C\CCCCCC(=O)NC(COP(=O)([O-])OCC[N+](C)(C)C)C(O)/C=C/CC/C=C/CC/C=C/CCCCCCCCCCC. The smallest absolute Gasteiger partial charge is 0.268 e. The Kier molecular flexibility index (Phi) is 35.2. The number of likely N-dealkylation sites (N-methyl/N-ethyl adjacent to an activating group) is 1. The molecule has 312 valence electrons. The third kappa shape index (κ3) is 38.2. The lowest BCUT2D eigenvalue weighted by molar-refractivity contribution is -0.870. The molecule has 54 heavy (non-hydrogen) atoms. The number of allylic oxidation sites excluding steroid dienone is 11. The number of quaternary nitrogens is 1. The van der Waals surface area contributed by atoms with E-state index in [2.05, 4.69) is 79.9 Å². The summed E-state index contributed by atoms with van der Waals surface area (Å²) in [7, 11) is 1.20. The second-order valence-corrected chi connectivity index (χ2v) is 16.7. The summed E-state index contributed by atoms with van der Waals surface area (Å²) in [6.07, 6.45) is 48.1. The highest BCUT2D eigenvalue weighted by Gasteiger charge is 2.23. The molecule has 0 saturated carbocycles. The van der Waals surface area contributed by atoms with Crippen molar-refractivity contribution in [3.8, 4) is 0 Å². The number of aliphatic hydroxyl groups is 1. The van der Waals surface area contributed by atoms with E-state index in [1.165, 1.54) is 64.2 Å². The van der Waals surface area contributed by atoms with Crippen molar-refractivity contribution in [2.75, 3.05) is 40.9 Å². The van der Waals surface area contributed by atoms with Crippen LogP contribution in [-0.4, -0.2) is 68.5 Å². The topological polar surface area (TPSA) is 108 Å². The average molecular weight is 777 g/mol. The number of nitrogens with zero attached hydrogens (tertiary/aromatic N) is 1. The first kappa shape index (κ1) is 51.9. The summed E-state index contributed by atoms with van der Waals surface area (Å²) in [5.74, 6) is -0.245. The molecule has 9 heteroatoms. The van der Waals surface area contributed by atoms with Crippen LogP contribution in [-0.2, 0) is 18.4 Å². The summed E-state index contributed by atoms with van der Waals surface area (Å²) in [5.41, 5.74) is 0. The fourth-order valence-corrected chi connectivity index (χ4v) is 6.21. The Morgan fingerprint density at radius 2 is 1.15 bits per heavy atom. The minimum absolute atomic E-state index is 0.0184. The van der Waals surface area contributed by atoms with Crippen LogP contribution in [0.1, 0.15) is 155 Å². The van der Waals surface area contributed by atoms with Gasteiger partial charge in [-0.15, -0.1) is 0 Å². The van der Waals surface area contributed by atoms with Crippen molar-refractivity contribution in [1.82, 2.24) is 5.32 Å². The van der Waals surface area contributed by atoms with E-state index in [-0.39, 0.29) is 12.5 Å². The maximum Gasteiger partial charge on any atom is 0.268 e. The Hall–Kier alpha value is -2.06. The molecule has 0 saturated heterocycles. The number of rotatable bonds is 37. The molecule has 3 atom stereocenters. The molecule has 0 aliphatic carbocycles. The van der Waals surface area contributed by atoms with Gasteiger partial charge in [-0.25, -0.2) is 0 Å². The van der Waals surface area contributed by atoms with Gasteiger partial charge in [0.15, 0.2) is 0 Å². The van der Waals surface area contributed by atoms with Gasteiger partial charge in [-0.3, -0.25) is 9.36 Å². The highest BCUT2D eigenvalue weighted by molar-refractivity contribution is 7.45. The fraction of sp³-hybridized carbons (Fsp3) is 0.711. The van der Waals surface area contributed by atoms with Crippen LogP contribution < -0.4 is 10.2 Å². The zero-order valence-corrected chi connectivity index (χ0v) is 36.0. The first-order valence-corrected chi connectivity index (χ1v) is 22.8. The minimum Gasteiger partial charge on any atom is -0.756 e. The van der Waals surface area contributed by atoms with Gasteiger partial charge in [0, 0.05) is 6.42 Å². The van der Waals surface area contributed by atoms with E-state index in [0.29, 0.717) is 23.9 Å². The molecule has 3 unspecified atom stereocenters. The van der Waals surface area contributed by atoms with Gasteiger partial charge in [0.05, 0.1) is 39.9 Å². The van der Waals surface area contributed by atoms with Crippen LogP contribution in [0.4, 0.5) is 0 Å². The van der Waals surface area contributed by atoms with Crippen LogP contribution in [0.2, 0.25) is 0 Å². The molecule has 0 aliphatic rings. The molecule has 2 N–H and O–H groups in total. The van der Waals surface area contributed by atoms with Crippen LogP contribution in [0.3, 0.4) is 0 Å². The van der Waals surface area contributed by atoms with Gasteiger partial charge in [-0.05, 0) is 77.0 Å². The summed E-state index contributed by atoms with van der Waals surface area (Å²) in [6.45, 7) is 4.45. The Morgan fingerprint density at radius 3 is 1.72 bits per heavy atom. The molecule has 0 aromatic heterocycles. The maximum atomic E-state index is 12.8. The summed E-state index contributed by atoms with van der Waals surface area (Å²) < 4.78 is 23.1. The van der Waals surface area contributed by atoms with Gasteiger partial charge in [0.1, 0.15) is 13.2 Å². The highest BCUT2D eigenvalue weighted by atomic mass is 31.2. The van der Waals surface area contributed by atoms with Crippen molar-refractivity contribution in [1.29, 1.82) is 0 Å². The molecule has 0 aromatic carbocycles. The zero-order chi connectivity index (χ0) is 40.0. The Bertz CT molecular complexity index is 1110. The number of carbonyl (C=O) groups is 1. The average Bonchev–Trinajstić information content (AvgIpc) is 3.12. The van der Waals surface area contributed by atoms with Crippen molar-refractivity contribution in [3.63, 3.8) is 0 Å². The number of phosphoric ester groups is 1. The fourth-order valence-electron chi connectivity index (χ4n) is 5.49. The van der Waals surface area contributed by atoms with Crippen molar-refractivity contribution >= 4 is 13.7 Å². The minimum atomic E-state index is -4.61. The molecule has 0 spiro atoms. The van der Waals surface area contributed by atoms with Crippen LogP contribution in [0.15, 0.2) is 72.9 Å². The summed E-state index contributed by atoms with van der Waals surface area (Å²) in [4.78, 5) is 25.2. The largest absolute Gasteiger partial charge is 0.756 e. The van der Waals surface area contributed by atoms with E-state index >= 15 is 0 Å². The predicted molar refractivity (Wildman–Crippen MR) is 228 cm³/mol. The van der Waals surface area contributed by atoms with Crippen molar-refractivity contribution in [2.24, 2.45) is 0 Å². The van der Waals surface area contributed by atoms with Gasteiger partial charge in [0.25, 0.3) is 7.82 Å². The number of phosphoric acid groups is 1. The van der Waals surface area contributed by atoms with E-state index in [4.69, 9.17) is 9.05 Å². The number of unbranched alkanes of at least 4 members (excludes halogenated alkanes) is 14. The van der Waals surface area contributed by atoms with E-state index in [1.54, 1.807) is 6.08 Å². The first-order chi connectivity index (χ1) is 26.0. The molecule has 0 rings (SSSR count). The molecule has 0 heterocycles. The van der Waals surface area contributed by atoms with Crippen LogP contribution in [0, 0.1) is 0 Å². The lowest BCUT2D eigenvalue weighted by Gasteiger charge is -2.29. The lowest BCUT2D eigenvalue weighted by atomic mass is 10.1. The number of hydrogen-bond acceptors (Lipinski definition) is 6. The zero-order valence-electron chi connectivity index (χ0n) is 35.1. The molecule has 0 radical (unpaired) electrons. The highest BCUT2D eigenvalue weighted by Crippen LogP contribution is 2.38. The summed E-state index contributed by atoms with van der Waals surface area (Å²) in [6, 6.07) is -0.927. The summed E-state index contributed by atoms with van der Waals surface area (Å²) >= 11 is 0. The summed E-state index contributed by atoms with van der Waals surface area (Å²) in [5, 5.41) is 13.7. The van der Waals surface area contributed by atoms with E-state index in [0.717, 1.165) is 64.2 Å². The van der Waals surface area contributed by atoms with Gasteiger partial charge >= 0.3 is 0 Å². The van der Waals surface area contributed by atoms with E-state index < -0.39 is 26.6 Å². The second kappa shape index (κ2) is 36.6. The van der Waals surface area contributed by atoms with Crippen molar-refractivity contribution in [2.45, 2.75) is 167 Å². The van der Waals surface area contributed by atoms with Gasteiger partial charge < -0.3 is 28.8 Å². The Labute approximate surface area is 332 Å². The van der Waals surface area contributed by atoms with Gasteiger partial charge in [0.2, 0.25) is 5.91 Å². The van der Waals surface area contributed by atoms with Crippen LogP contribution in [0.25, 0.3) is 0 Å². The number of aliphatic hydroxyl groups excluding tert-OH is 1. The van der Waals surface area contributed by atoms with Crippen molar-refractivity contribution in [3.05, 3.63) is 72.9 Å². The standard InChI is InChI=1S/C45H81N2O6P/c1-6-8-10-12-14-16-18-20-21-22-23-24-25-27-28-30-32-34-36-38-44(48)43(42-53-54(50,51)52-41-40-47(3,4)5)46-45(49)39-37-35-33-31-29-26-19-17-15-13-11-9-7-2/h9,11,15,17,23-24,26,28-30,36,38,43-44,48H,6-8,10,12-14,16,18-22,25,27,31-35,37,39-42H2,1-5H3,(H-,46,49,50,51)/b11-9-,17-15-,24-23+,29-26-,30-28+,38-36+. The van der Waals surface area contributed by atoms with Gasteiger partial charge in [-0.2, -0.15) is 0 Å². The quantitative estimate of drug-likeness (QED) is 0.0281. The first-order valence-electron chi connectivity index (χ1n) is 21.3. The Morgan fingerprint density at radius 1 is 0.667 bits per heavy atom. The molecule has 0 bridgehead atoms. The molecule has 0 aromatic rings. The predicted octanol–water partition coefficient (Wildman–Crippen LogP) is 11.0. The normalized spacial score (nSPS) is 15.2. The number of carbonyl (C=O) groups excluding carboxylic acids is 1. The molecule has 0 aliphatic heterocycles. The van der Waals surface area contributed by atoms with Gasteiger partial charge in [-0.1, -0.05) is 145 Å². The Balaban J connectivity index is 4.59. The van der Waals surface area contributed by atoms with E-state index in [9.17, 15) is 19.4 Å². The van der Waals surface area contributed by atoms with E-state index in [1.807, 2.05) is 27.2 Å². The molecular weight excluding hydrogens is 695 g/mol. The third-order valence-corrected chi connectivity index (χ3v) is 9.84. The number of hydrogen-bond donors (Lipinski definition) is 2. The second-order valence-electron chi connectivity index (χ2n) is 15.3. The molecule has 0 fully saturated rings. The number of amides is 1. The third-order valence-electron chi connectivity index (χ3n) is 8.88. The molecule has 1 amide bonds. The molecular formula is C45H81N2O6P. The monoisotopic (exact) mass is 777 g/mol.